The molecule has 0 saturated carbocycles. The quantitative estimate of drug-likeness (QED) is 0.926. The van der Waals surface area contributed by atoms with Crippen LogP contribution >= 0.6 is 0 Å². The third-order valence-corrected chi connectivity index (χ3v) is 3.75. The molecule has 0 spiro atoms. The summed E-state index contributed by atoms with van der Waals surface area (Å²) in [6.07, 6.45) is -0.936. The molecule has 1 aliphatic heterocycles. The average molecular weight is 307 g/mol. The molecule has 0 aromatic heterocycles. The number of carboxylic acid groups (broad SMARTS) is 1. The summed E-state index contributed by atoms with van der Waals surface area (Å²) in [6, 6.07) is 7.21. The lowest BCUT2D eigenvalue weighted by atomic mass is 10.2. The van der Waals surface area contributed by atoms with Crippen molar-refractivity contribution in [1.29, 1.82) is 0 Å². The second kappa shape index (κ2) is 7.02. The van der Waals surface area contributed by atoms with Crippen molar-refractivity contribution in [2.75, 3.05) is 44.7 Å². The molecule has 2 rings (SSSR count). The van der Waals surface area contributed by atoms with Gasteiger partial charge in [0.25, 0.3) is 0 Å². The van der Waals surface area contributed by atoms with Gasteiger partial charge in [-0.15, -0.1) is 0 Å². The number of rotatable bonds is 3. The van der Waals surface area contributed by atoms with E-state index < -0.39 is 6.09 Å². The molecular weight excluding hydrogens is 286 g/mol. The summed E-state index contributed by atoms with van der Waals surface area (Å²) in [5.74, 6) is 0.738. The third kappa shape index (κ3) is 3.41. The zero-order chi connectivity index (χ0) is 16.1. The van der Waals surface area contributed by atoms with E-state index in [2.05, 4.69) is 0 Å². The van der Waals surface area contributed by atoms with Gasteiger partial charge in [-0.25, -0.2) is 9.59 Å². The molecule has 0 bridgehead atoms. The number of carbonyl (C=O) groups is 2. The van der Waals surface area contributed by atoms with Crippen molar-refractivity contribution in [3.63, 3.8) is 0 Å². The number of piperazine rings is 1. The van der Waals surface area contributed by atoms with Crippen LogP contribution in [0.3, 0.4) is 0 Å². The number of nitrogens with zero attached hydrogens (tertiary/aromatic N) is 3. The number of hydrogen-bond donors (Lipinski definition) is 1. The van der Waals surface area contributed by atoms with E-state index in [1.807, 2.05) is 31.2 Å². The van der Waals surface area contributed by atoms with Crippen LogP contribution in [-0.4, -0.2) is 66.9 Å². The van der Waals surface area contributed by atoms with Crippen LogP contribution in [-0.2, 0) is 0 Å². The molecule has 7 heteroatoms. The SMILES string of the molecule is CCN(C(=O)N1CCN(C(=O)O)CC1)c1ccc(OC)cc1. The first kappa shape index (κ1) is 15.9. The predicted molar refractivity (Wildman–Crippen MR) is 82.6 cm³/mol. The van der Waals surface area contributed by atoms with Gasteiger partial charge in [0.1, 0.15) is 5.75 Å². The molecule has 0 unspecified atom stereocenters. The first-order valence-electron chi connectivity index (χ1n) is 7.25. The highest BCUT2D eigenvalue weighted by Crippen LogP contribution is 2.20. The number of carbonyl (C=O) groups excluding carboxylic acids is 1. The highest BCUT2D eigenvalue weighted by atomic mass is 16.5. The Morgan fingerprint density at radius 3 is 2.14 bits per heavy atom. The molecular formula is C15H21N3O4. The van der Waals surface area contributed by atoms with Crippen molar-refractivity contribution in [3.8, 4) is 5.75 Å². The molecule has 1 N–H and O–H groups in total. The van der Waals surface area contributed by atoms with Crippen molar-refractivity contribution in [3.05, 3.63) is 24.3 Å². The third-order valence-electron chi connectivity index (χ3n) is 3.75. The molecule has 1 aromatic rings. The molecule has 7 nitrogen and oxygen atoms in total. The van der Waals surface area contributed by atoms with E-state index in [1.54, 1.807) is 16.9 Å². The summed E-state index contributed by atoms with van der Waals surface area (Å²) < 4.78 is 5.12. The minimum Gasteiger partial charge on any atom is -0.497 e. The highest BCUT2D eigenvalue weighted by molar-refractivity contribution is 5.92. The van der Waals surface area contributed by atoms with Crippen molar-refractivity contribution >= 4 is 17.8 Å². The van der Waals surface area contributed by atoms with Crippen LogP contribution in [0.4, 0.5) is 15.3 Å². The molecule has 1 fully saturated rings. The van der Waals surface area contributed by atoms with Crippen molar-refractivity contribution in [1.82, 2.24) is 9.80 Å². The Balaban J connectivity index is 2.04. The monoisotopic (exact) mass is 307 g/mol. The minimum atomic E-state index is -0.936. The second-order valence-electron chi connectivity index (χ2n) is 4.98. The largest absolute Gasteiger partial charge is 0.497 e. The fraction of sp³-hybridized carbons (Fsp3) is 0.467. The van der Waals surface area contributed by atoms with Gasteiger partial charge < -0.3 is 19.6 Å². The lowest BCUT2D eigenvalue weighted by Gasteiger charge is -2.36. The molecule has 1 aliphatic rings. The Bertz CT molecular complexity index is 524. The van der Waals surface area contributed by atoms with Gasteiger partial charge in [-0.2, -0.15) is 0 Å². The van der Waals surface area contributed by atoms with Crippen LogP contribution in [0.15, 0.2) is 24.3 Å². The molecule has 0 aliphatic carbocycles. The zero-order valence-electron chi connectivity index (χ0n) is 12.9. The molecule has 0 atom stereocenters. The molecule has 1 heterocycles. The number of amides is 3. The Hall–Kier alpha value is -2.44. The van der Waals surface area contributed by atoms with Gasteiger partial charge in [0, 0.05) is 38.4 Å². The van der Waals surface area contributed by atoms with Crippen LogP contribution in [0.5, 0.6) is 5.75 Å². The normalized spacial score (nSPS) is 14.6. The maximum Gasteiger partial charge on any atom is 0.407 e. The van der Waals surface area contributed by atoms with Gasteiger partial charge in [-0.3, -0.25) is 4.90 Å². The van der Waals surface area contributed by atoms with Crippen LogP contribution < -0.4 is 9.64 Å². The molecule has 0 radical (unpaired) electrons. The predicted octanol–water partition coefficient (Wildman–Crippen LogP) is 1.94. The Morgan fingerprint density at radius 1 is 1.14 bits per heavy atom. The van der Waals surface area contributed by atoms with E-state index >= 15 is 0 Å². The molecule has 22 heavy (non-hydrogen) atoms. The number of ether oxygens (including phenoxy) is 1. The minimum absolute atomic E-state index is 0.0993. The van der Waals surface area contributed by atoms with Crippen LogP contribution in [0, 0.1) is 0 Å². The van der Waals surface area contributed by atoms with Gasteiger partial charge in [-0.1, -0.05) is 0 Å². The summed E-state index contributed by atoms with van der Waals surface area (Å²) in [7, 11) is 1.60. The van der Waals surface area contributed by atoms with E-state index in [-0.39, 0.29) is 6.03 Å². The number of urea groups is 1. The topological polar surface area (TPSA) is 73.3 Å². The van der Waals surface area contributed by atoms with E-state index in [1.165, 1.54) is 4.90 Å². The van der Waals surface area contributed by atoms with E-state index in [9.17, 15) is 9.59 Å². The van der Waals surface area contributed by atoms with Gasteiger partial charge >= 0.3 is 12.1 Å². The van der Waals surface area contributed by atoms with E-state index in [4.69, 9.17) is 9.84 Å². The zero-order valence-corrected chi connectivity index (χ0v) is 12.9. The lowest BCUT2D eigenvalue weighted by Crippen LogP contribution is -2.54. The van der Waals surface area contributed by atoms with E-state index in [0.29, 0.717) is 32.7 Å². The number of hydrogen-bond acceptors (Lipinski definition) is 3. The summed E-state index contributed by atoms with van der Waals surface area (Å²) >= 11 is 0. The Morgan fingerprint density at radius 2 is 1.68 bits per heavy atom. The fourth-order valence-electron chi connectivity index (χ4n) is 2.45. The summed E-state index contributed by atoms with van der Waals surface area (Å²) in [5.41, 5.74) is 0.800. The second-order valence-corrected chi connectivity index (χ2v) is 4.98. The Kier molecular flexibility index (Phi) is 5.08. The van der Waals surface area contributed by atoms with Crippen LogP contribution in [0.2, 0.25) is 0 Å². The van der Waals surface area contributed by atoms with Crippen molar-refractivity contribution in [2.45, 2.75) is 6.92 Å². The molecule has 1 saturated heterocycles. The van der Waals surface area contributed by atoms with Crippen molar-refractivity contribution in [2.24, 2.45) is 0 Å². The summed E-state index contributed by atoms with van der Waals surface area (Å²) in [5, 5.41) is 8.95. The molecule has 3 amide bonds. The van der Waals surface area contributed by atoms with Gasteiger partial charge in [-0.05, 0) is 31.2 Å². The number of methoxy groups -OCH3 is 1. The van der Waals surface area contributed by atoms with Crippen LogP contribution in [0.25, 0.3) is 0 Å². The van der Waals surface area contributed by atoms with Crippen molar-refractivity contribution < 1.29 is 19.4 Å². The van der Waals surface area contributed by atoms with Gasteiger partial charge in [0.15, 0.2) is 0 Å². The average Bonchev–Trinajstić information content (AvgIpc) is 2.56. The number of anilines is 1. The molecule has 120 valence electrons. The van der Waals surface area contributed by atoms with Gasteiger partial charge in [0.05, 0.1) is 7.11 Å². The van der Waals surface area contributed by atoms with E-state index in [0.717, 1.165) is 11.4 Å². The molecule has 1 aromatic carbocycles. The van der Waals surface area contributed by atoms with Gasteiger partial charge in [0.2, 0.25) is 0 Å². The standard InChI is InChI=1S/C15H21N3O4/c1-3-18(12-4-6-13(22-2)7-5-12)14(19)16-8-10-17(11-9-16)15(20)21/h4-7H,3,8-11H2,1-2H3,(H,20,21). The maximum absolute atomic E-state index is 12.6. The van der Waals surface area contributed by atoms with Crippen LogP contribution in [0.1, 0.15) is 6.92 Å². The maximum atomic E-state index is 12.6. The Labute approximate surface area is 129 Å². The highest BCUT2D eigenvalue weighted by Gasteiger charge is 2.27. The first-order chi connectivity index (χ1) is 10.6. The lowest BCUT2D eigenvalue weighted by molar-refractivity contribution is 0.113. The summed E-state index contributed by atoms with van der Waals surface area (Å²) in [6.45, 7) is 3.98. The first-order valence-corrected chi connectivity index (χ1v) is 7.25. The number of benzene rings is 1. The smallest absolute Gasteiger partial charge is 0.407 e. The fourth-order valence-corrected chi connectivity index (χ4v) is 2.45. The summed E-state index contributed by atoms with van der Waals surface area (Å²) in [4.78, 5) is 28.2.